The Labute approximate surface area is 119 Å². The van der Waals surface area contributed by atoms with E-state index in [1.807, 2.05) is 30.3 Å². The van der Waals surface area contributed by atoms with Gasteiger partial charge < -0.3 is 0 Å². The summed E-state index contributed by atoms with van der Waals surface area (Å²) in [6, 6.07) is 11.5. The van der Waals surface area contributed by atoms with E-state index in [1.165, 1.54) is 4.90 Å². The number of hydrogen-bond donors (Lipinski definition) is 0. The lowest BCUT2D eigenvalue weighted by molar-refractivity contribution is -0.140. The van der Waals surface area contributed by atoms with Gasteiger partial charge in [0.15, 0.2) is 0 Å². The van der Waals surface area contributed by atoms with Crippen LogP contribution in [-0.4, -0.2) is 23.3 Å². The van der Waals surface area contributed by atoms with Crippen molar-refractivity contribution in [3.8, 4) is 6.07 Å². The molecule has 1 saturated heterocycles. The number of hydrogen-bond acceptors (Lipinski definition) is 3. The molecule has 20 heavy (non-hydrogen) atoms. The Kier molecular flexibility index (Phi) is 3.39. The summed E-state index contributed by atoms with van der Waals surface area (Å²) in [4.78, 5) is 26.0. The summed E-state index contributed by atoms with van der Waals surface area (Å²) in [7, 11) is 0. The van der Waals surface area contributed by atoms with Gasteiger partial charge in [-0.05, 0) is 26.3 Å². The highest BCUT2D eigenvalue weighted by Crippen LogP contribution is 2.37. The smallest absolute Gasteiger partial charge is 0.240 e. The molecule has 1 atom stereocenters. The topological polar surface area (TPSA) is 61.2 Å². The summed E-state index contributed by atoms with van der Waals surface area (Å²) >= 11 is 0. The van der Waals surface area contributed by atoms with Crippen LogP contribution in [0.1, 0.15) is 32.8 Å². The second-order valence-corrected chi connectivity index (χ2v) is 6.16. The first-order valence-electron chi connectivity index (χ1n) is 6.62. The summed E-state index contributed by atoms with van der Waals surface area (Å²) in [6.07, 6.45) is 0.164. The SMILES string of the molecule is CC(C)(C#N)CN1C(=O)CC(C)(c2ccccc2)C1=O. The summed E-state index contributed by atoms with van der Waals surface area (Å²) in [5.74, 6) is -0.415. The van der Waals surface area contributed by atoms with Gasteiger partial charge in [-0.3, -0.25) is 14.5 Å². The molecule has 1 aromatic carbocycles. The number of imide groups is 1. The molecule has 0 spiro atoms. The van der Waals surface area contributed by atoms with Crippen molar-refractivity contribution in [1.29, 1.82) is 5.26 Å². The summed E-state index contributed by atoms with van der Waals surface area (Å²) < 4.78 is 0. The summed E-state index contributed by atoms with van der Waals surface area (Å²) in [6.45, 7) is 5.39. The maximum atomic E-state index is 12.6. The van der Waals surface area contributed by atoms with E-state index in [1.54, 1.807) is 20.8 Å². The highest BCUT2D eigenvalue weighted by molar-refractivity contribution is 6.08. The second kappa shape index (κ2) is 4.75. The molecular weight excluding hydrogens is 252 g/mol. The van der Waals surface area contributed by atoms with Crippen LogP contribution < -0.4 is 0 Å². The molecule has 1 fully saturated rings. The number of benzene rings is 1. The zero-order valence-electron chi connectivity index (χ0n) is 12.0. The largest absolute Gasteiger partial charge is 0.280 e. The van der Waals surface area contributed by atoms with Gasteiger partial charge in [-0.25, -0.2) is 0 Å². The minimum Gasteiger partial charge on any atom is -0.280 e. The Balaban J connectivity index is 2.32. The van der Waals surface area contributed by atoms with E-state index in [2.05, 4.69) is 6.07 Å². The molecule has 1 aliphatic rings. The zero-order valence-corrected chi connectivity index (χ0v) is 12.0. The van der Waals surface area contributed by atoms with Crippen LogP contribution in [0.4, 0.5) is 0 Å². The number of likely N-dealkylation sites (tertiary alicyclic amines) is 1. The van der Waals surface area contributed by atoms with E-state index in [-0.39, 0.29) is 24.8 Å². The summed E-state index contributed by atoms with van der Waals surface area (Å²) in [5, 5.41) is 9.07. The van der Waals surface area contributed by atoms with Crippen molar-refractivity contribution in [1.82, 2.24) is 4.90 Å². The first kappa shape index (κ1) is 14.3. The van der Waals surface area contributed by atoms with E-state index >= 15 is 0 Å². The average Bonchev–Trinajstić information content (AvgIpc) is 2.64. The fourth-order valence-electron chi connectivity index (χ4n) is 2.51. The van der Waals surface area contributed by atoms with Crippen molar-refractivity contribution in [3.05, 3.63) is 35.9 Å². The second-order valence-electron chi connectivity index (χ2n) is 6.16. The van der Waals surface area contributed by atoms with Crippen LogP contribution in [0, 0.1) is 16.7 Å². The molecule has 104 valence electrons. The molecule has 1 unspecified atom stereocenters. The van der Waals surface area contributed by atoms with Gasteiger partial charge in [-0.1, -0.05) is 30.3 Å². The van der Waals surface area contributed by atoms with Gasteiger partial charge in [-0.15, -0.1) is 0 Å². The van der Waals surface area contributed by atoms with E-state index in [0.717, 1.165) is 5.56 Å². The van der Waals surface area contributed by atoms with E-state index in [4.69, 9.17) is 5.26 Å². The van der Waals surface area contributed by atoms with Crippen molar-refractivity contribution in [2.75, 3.05) is 6.54 Å². The van der Waals surface area contributed by atoms with Crippen LogP contribution in [0.2, 0.25) is 0 Å². The molecule has 0 aliphatic carbocycles. The molecule has 1 aromatic rings. The fraction of sp³-hybridized carbons (Fsp3) is 0.438. The average molecular weight is 270 g/mol. The number of carbonyl (C=O) groups is 2. The van der Waals surface area contributed by atoms with Crippen molar-refractivity contribution in [2.24, 2.45) is 5.41 Å². The zero-order chi connectivity index (χ0) is 15.0. The van der Waals surface area contributed by atoms with Crippen molar-refractivity contribution in [2.45, 2.75) is 32.6 Å². The van der Waals surface area contributed by atoms with Crippen molar-refractivity contribution < 1.29 is 9.59 Å². The molecular formula is C16H18N2O2. The highest BCUT2D eigenvalue weighted by Gasteiger charge is 2.50. The Hall–Kier alpha value is -2.15. The normalized spacial score (nSPS) is 23.0. The minimum absolute atomic E-state index is 0.142. The third-order valence-electron chi connectivity index (χ3n) is 3.79. The maximum Gasteiger partial charge on any atom is 0.240 e. The van der Waals surface area contributed by atoms with Gasteiger partial charge in [0.05, 0.1) is 16.9 Å². The van der Waals surface area contributed by atoms with E-state index in [0.29, 0.717) is 0 Å². The Morgan fingerprint density at radius 1 is 1.30 bits per heavy atom. The lowest BCUT2D eigenvalue weighted by atomic mass is 9.81. The van der Waals surface area contributed by atoms with Crippen molar-refractivity contribution in [3.63, 3.8) is 0 Å². The molecule has 2 rings (SSSR count). The predicted molar refractivity (Wildman–Crippen MR) is 74.5 cm³/mol. The number of amides is 2. The highest BCUT2D eigenvalue weighted by atomic mass is 16.2. The molecule has 0 saturated carbocycles. The molecule has 4 heteroatoms. The first-order valence-corrected chi connectivity index (χ1v) is 6.62. The van der Waals surface area contributed by atoms with Crippen LogP contribution in [0.15, 0.2) is 30.3 Å². The Bertz CT molecular complexity index is 586. The van der Waals surface area contributed by atoms with Crippen LogP contribution in [0.3, 0.4) is 0 Å². The molecule has 4 nitrogen and oxygen atoms in total. The number of carbonyl (C=O) groups excluding carboxylic acids is 2. The standard InChI is InChI=1S/C16H18N2O2/c1-15(2,10-17)11-18-13(19)9-16(3,14(18)20)12-7-5-4-6-8-12/h4-8H,9,11H2,1-3H3. The lowest BCUT2D eigenvalue weighted by Crippen LogP contribution is -2.41. The van der Waals surface area contributed by atoms with E-state index < -0.39 is 10.8 Å². The number of nitrogens with zero attached hydrogens (tertiary/aromatic N) is 2. The monoisotopic (exact) mass is 270 g/mol. The van der Waals surface area contributed by atoms with Crippen LogP contribution in [0.25, 0.3) is 0 Å². The maximum absolute atomic E-state index is 12.6. The van der Waals surface area contributed by atoms with Gasteiger partial charge in [0.25, 0.3) is 0 Å². The molecule has 2 amide bonds. The Morgan fingerprint density at radius 2 is 1.90 bits per heavy atom. The van der Waals surface area contributed by atoms with Gasteiger partial charge in [0.1, 0.15) is 0 Å². The van der Waals surface area contributed by atoms with Gasteiger partial charge in [0, 0.05) is 13.0 Å². The Morgan fingerprint density at radius 3 is 2.45 bits per heavy atom. The van der Waals surface area contributed by atoms with Gasteiger partial charge >= 0.3 is 0 Å². The molecule has 1 heterocycles. The quantitative estimate of drug-likeness (QED) is 0.791. The molecule has 0 N–H and O–H groups in total. The number of rotatable bonds is 3. The summed E-state index contributed by atoms with van der Waals surface area (Å²) in [5.41, 5.74) is -0.701. The van der Waals surface area contributed by atoms with Crippen LogP contribution >= 0.6 is 0 Å². The fourth-order valence-corrected chi connectivity index (χ4v) is 2.51. The van der Waals surface area contributed by atoms with Crippen LogP contribution in [-0.2, 0) is 15.0 Å². The third-order valence-corrected chi connectivity index (χ3v) is 3.79. The van der Waals surface area contributed by atoms with Gasteiger partial charge in [-0.2, -0.15) is 5.26 Å². The molecule has 0 aromatic heterocycles. The lowest BCUT2D eigenvalue weighted by Gasteiger charge is -2.26. The van der Waals surface area contributed by atoms with Gasteiger partial charge in [0.2, 0.25) is 11.8 Å². The van der Waals surface area contributed by atoms with Crippen LogP contribution in [0.5, 0.6) is 0 Å². The third kappa shape index (κ3) is 2.32. The molecule has 1 aliphatic heterocycles. The first-order chi connectivity index (χ1) is 9.30. The molecule has 0 bridgehead atoms. The predicted octanol–water partition coefficient (Wildman–Crippen LogP) is 2.25. The van der Waals surface area contributed by atoms with E-state index in [9.17, 15) is 9.59 Å². The minimum atomic E-state index is -0.816. The number of nitriles is 1. The molecule has 0 radical (unpaired) electrons. The van der Waals surface area contributed by atoms with Crippen molar-refractivity contribution >= 4 is 11.8 Å².